The molecule has 1 N–H and O–H groups in total. The van der Waals surface area contributed by atoms with Gasteiger partial charge >= 0.3 is 0 Å². The summed E-state index contributed by atoms with van der Waals surface area (Å²) in [6.45, 7) is 9.76. The molecular formula is C14H24N4. The first kappa shape index (κ1) is 13.3. The van der Waals surface area contributed by atoms with Gasteiger partial charge in [0, 0.05) is 50.5 Å². The van der Waals surface area contributed by atoms with Crippen LogP contribution in [0.5, 0.6) is 0 Å². The minimum atomic E-state index is 0.610. The summed E-state index contributed by atoms with van der Waals surface area (Å²) >= 11 is 0. The maximum atomic E-state index is 4.43. The van der Waals surface area contributed by atoms with Crippen LogP contribution in [0.1, 0.15) is 19.4 Å². The number of hydrogen-bond donors (Lipinski definition) is 1. The van der Waals surface area contributed by atoms with E-state index in [1.807, 2.05) is 12.3 Å². The lowest BCUT2D eigenvalue weighted by atomic mass is 10.1. The van der Waals surface area contributed by atoms with Crippen molar-refractivity contribution in [3.63, 3.8) is 0 Å². The number of hydrogen-bond acceptors (Lipinski definition) is 4. The minimum Gasteiger partial charge on any atom is -0.370 e. The van der Waals surface area contributed by atoms with Gasteiger partial charge in [0.25, 0.3) is 0 Å². The Kier molecular flexibility index (Phi) is 4.55. The van der Waals surface area contributed by atoms with E-state index < -0.39 is 0 Å². The third kappa shape index (κ3) is 3.21. The molecule has 2 rings (SSSR count). The lowest BCUT2D eigenvalue weighted by Gasteiger charge is -2.38. The van der Waals surface area contributed by atoms with Crippen molar-refractivity contribution in [3.05, 3.63) is 23.9 Å². The first-order valence-corrected chi connectivity index (χ1v) is 6.81. The van der Waals surface area contributed by atoms with Crippen LogP contribution in [0.25, 0.3) is 0 Å². The highest BCUT2D eigenvalue weighted by atomic mass is 15.3. The predicted octanol–water partition coefficient (Wildman–Crippen LogP) is 1.65. The smallest absolute Gasteiger partial charge is 0.130 e. The molecule has 1 saturated heterocycles. The van der Waals surface area contributed by atoms with E-state index in [1.165, 1.54) is 5.56 Å². The zero-order valence-electron chi connectivity index (χ0n) is 11.7. The molecule has 1 aromatic heterocycles. The van der Waals surface area contributed by atoms with E-state index >= 15 is 0 Å². The van der Waals surface area contributed by atoms with Gasteiger partial charge in [-0.25, -0.2) is 4.98 Å². The standard InChI is InChI=1S/C14H24N4/c1-4-15-14-13(6-5-7-16-14)11-18-9-8-17(3)10-12(18)2/h5-7,12H,4,8-11H2,1-3H3,(H,15,16). The first-order chi connectivity index (χ1) is 8.70. The molecule has 4 heteroatoms. The lowest BCUT2D eigenvalue weighted by molar-refractivity contribution is 0.0939. The highest BCUT2D eigenvalue weighted by Gasteiger charge is 2.22. The Labute approximate surface area is 110 Å². The van der Waals surface area contributed by atoms with Crippen molar-refractivity contribution < 1.29 is 0 Å². The topological polar surface area (TPSA) is 31.4 Å². The molecule has 0 aromatic carbocycles. The van der Waals surface area contributed by atoms with Crippen LogP contribution in [0, 0.1) is 0 Å². The fourth-order valence-corrected chi connectivity index (χ4v) is 2.52. The van der Waals surface area contributed by atoms with E-state index in [1.54, 1.807) is 0 Å². The molecule has 0 radical (unpaired) electrons. The van der Waals surface area contributed by atoms with Gasteiger partial charge in [0.05, 0.1) is 0 Å². The Morgan fingerprint density at radius 3 is 3.00 bits per heavy atom. The third-order valence-electron chi connectivity index (χ3n) is 3.58. The maximum absolute atomic E-state index is 4.43. The number of likely N-dealkylation sites (N-methyl/N-ethyl adjacent to an activating group) is 1. The molecule has 0 spiro atoms. The van der Waals surface area contributed by atoms with Crippen molar-refractivity contribution in [2.24, 2.45) is 0 Å². The molecule has 0 saturated carbocycles. The second kappa shape index (κ2) is 6.16. The first-order valence-electron chi connectivity index (χ1n) is 6.81. The monoisotopic (exact) mass is 248 g/mol. The van der Waals surface area contributed by atoms with Gasteiger partial charge in [-0.1, -0.05) is 6.07 Å². The van der Waals surface area contributed by atoms with E-state index in [0.29, 0.717) is 6.04 Å². The molecule has 1 atom stereocenters. The summed E-state index contributed by atoms with van der Waals surface area (Å²) in [7, 11) is 2.20. The molecule has 1 aliphatic heterocycles. The summed E-state index contributed by atoms with van der Waals surface area (Å²) in [5.74, 6) is 1.03. The van der Waals surface area contributed by atoms with Crippen LogP contribution in [-0.4, -0.2) is 54.1 Å². The van der Waals surface area contributed by atoms with Crippen molar-refractivity contribution >= 4 is 5.82 Å². The van der Waals surface area contributed by atoms with Crippen LogP contribution in [0.4, 0.5) is 5.82 Å². The maximum Gasteiger partial charge on any atom is 0.130 e. The Balaban J connectivity index is 2.04. The number of anilines is 1. The van der Waals surface area contributed by atoms with Crippen LogP contribution in [0.2, 0.25) is 0 Å². The van der Waals surface area contributed by atoms with Crippen LogP contribution >= 0.6 is 0 Å². The van der Waals surface area contributed by atoms with E-state index in [4.69, 9.17) is 0 Å². The third-order valence-corrected chi connectivity index (χ3v) is 3.58. The normalized spacial score (nSPS) is 22.1. The largest absolute Gasteiger partial charge is 0.370 e. The van der Waals surface area contributed by atoms with Crippen LogP contribution < -0.4 is 5.32 Å². The van der Waals surface area contributed by atoms with Gasteiger partial charge in [0.15, 0.2) is 0 Å². The fourth-order valence-electron chi connectivity index (χ4n) is 2.52. The van der Waals surface area contributed by atoms with E-state index in [-0.39, 0.29) is 0 Å². The highest BCUT2D eigenvalue weighted by Crippen LogP contribution is 2.17. The van der Waals surface area contributed by atoms with Gasteiger partial charge in [0.1, 0.15) is 5.82 Å². The van der Waals surface area contributed by atoms with Gasteiger partial charge in [-0.3, -0.25) is 4.90 Å². The quantitative estimate of drug-likeness (QED) is 0.878. The molecule has 1 fully saturated rings. The minimum absolute atomic E-state index is 0.610. The van der Waals surface area contributed by atoms with Gasteiger partial charge in [-0.05, 0) is 27.0 Å². The number of rotatable bonds is 4. The lowest BCUT2D eigenvalue weighted by Crippen LogP contribution is -2.49. The average Bonchev–Trinajstić information content (AvgIpc) is 2.35. The van der Waals surface area contributed by atoms with Crippen molar-refractivity contribution in [2.45, 2.75) is 26.4 Å². The van der Waals surface area contributed by atoms with Gasteiger partial charge in [0.2, 0.25) is 0 Å². The molecule has 18 heavy (non-hydrogen) atoms. The molecule has 0 bridgehead atoms. The van der Waals surface area contributed by atoms with Crippen LogP contribution in [0.15, 0.2) is 18.3 Å². The van der Waals surface area contributed by atoms with Crippen LogP contribution in [-0.2, 0) is 6.54 Å². The van der Waals surface area contributed by atoms with Crippen LogP contribution in [0.3, 0.4) is 0 Å². The summed E-state index contributed by atoms with van der Waals surface area (Å²) in [5.41, 5.74) is 1.30. The highest BCUT2D eigenvalue weighted by molar-refractivity contribution is 5.43. The van der Waals surface area contributed by atoms with Crippen molar-refractivity contribution in [2.75, 3.05) is 38.5 Å². The van der Waals surface area contributed by atoms with Gasteiger partial charge < -0.3 is 10.2 Å². The summed E-state index contributed by atoms with van der Waals surface area (Å²) < 4.78 is 0. The SMILES string of the molecule is CCNc1ncccc1CN1CCN(C)CC1C. The van der Waals surface area contributed by atoms with E-state index in [2.05, 4.69) is 47.1 Å². The second-order valence-electron chi connectivity index (χ2n) is 5.12. The summed E-state index contributed by atoms with van der Waals surface area (Å²) in [6, 6.07) is 4.81. The molecule has 2 heterocycles. The number of nitrogens with one attached hydrogen (secondary N) is 1. The number of aromatic nitrogens is 1. The Hall–Kier alpha value is -1.13. The molecule has 4 nitrogen and oxygen atoms in total. The average molecular weight is 248 g/mol. The van der Waals surface area contributed by atoms with Crippen molar-refractivity contribution in [3.8, 4) is 0 Å². The Morgan fingerprint density at radius 1 is 1.44 bits per heavy atom. The van der Waals surface area contributed by atoms with Crippen molar-refractivity contribution in [1.82, 2.24) is 14.8 Å². The molecule has 0 amide bonds. The molecule has 1 unspecified atom stereocenters. The Bertz CT molecular complexity index is 380. The van der Waals surface area contributed by atoms with Gasteiger partial charge in [-0.15, -0.1) is 0 Å². The fraction of sp³-hybridized carbons (Fsp3) is 0.643. The summed E-state index contributed by atoms with van der Waals surface area (Å²) in [4.78, 5) is 9.36. The van der Waals surface area contributed by atoms with Gasteiger partial charge in [-0.2, -0.15) is 0 Å². The second-order valence-corrected chi connectivity index (χ2v) is 5.12. The summed E-state index contributed by atoms with van der Waals surface area (Å²) in [6.07, 6.45) is 1.86. The summed E-state index contributed by atoms with van der Waals surface area (Å²) in [5, 5.41) is 3.34. The molecule has 100 valence electrons. The molecular weight excluding hydrogens is 224 g/mol. The van der Waals surface area contributed by atoms with Crippen molar-refractivity contribution in [1.29, 1.82) is 0 Å². The number of pyridine rings is 1. The molecule has 0 aliphatic carbocycles. The van der Waals surface area contributed by atoms with E-state index in [0.717, 1.165) is 38.5 Å². The predicted molar refractivity (Wildman–Crippen MR) is 75.8 cm³/mol. The molecule has 1 aliphatic rings. The number of nitrogens with zero attached hydrogens (tertiary/aromatic N) is 3. The molecule has 1 aromatic rings. The zero-order valence-corrected chi connectivity index (χ0v) is 11.7. The van der Waals surface area contributed by atoms with E-state index in [9.17, 15) is 0 Å². The zero-order chi connectivity index (χ0) is 13.0. The Morgan fingerprint density at radius 2 is 2.28 bits per heavy atom. The number of piperazine rings is 1.